The second kappa shape index (κ2) is 10.1. The molecule has 1 rings (SSSR count). The lowest BCUT2D eigenvalue weighted by Gasteiger charge is -2.14. The maximum absolute atomic E-state index is 5.84. The molecule has 102 valence electrons. The number of nitrogens with two attached hydrogens (primary N) is 1. The van der Waals surface area contributed by atoms with Gasteiger partial charge in [0.2, 0.25) is 0 Å². The lowest BCUT2D eigenvalue weighted by molar-refractivity contribution is 0.0684. The molecule has 18 heavy (non-hydrogen) atoms. The minimum atomic E-state index is 0.477. The smallest absolute Gasteiger partial charge is 0.0700 e. The molecule has 0 amide bonds. The molecule has 1 aromatic rings. The Morgan fingerprint density at radius 2 is 1.83 bits per heavy atom. The second-order valence-corrected chi connectivity index (χ2v) is 4.44. The number of hydrogen-bond acceptors (Lipinski definition) is 3. The van der Waals surface area contributed by atoms with Crippen LogP contribution in [0.3, 0.4) is 0 Å². The molecule has 3 nitrogen and oxygen atoms in total. The summed E-state index contributed by atoms with van der Waals surface area (Å²) in [5, 5.41) is 0. The molecule has 0 aromatic heterocycles. The summed E-state index contributed by atoms with van der Waals surface area (Å²) < 4.78 is 10.4. The minimum absolute atomic E-state index is 0.477. The van der Waals surface area contributed by atoms with Crippen LogP contribution in [-0.2, 0) is 9.47 Å². The third-order valence-corrected chi connectivity index (χ3v) is 3.08. The lowest BCUT2D eigenvalue weighted by Crippen LogP contribution is -2.12. The van der Waals surface area contributed by atoms with Crippen LogP contribution in [-0.4, -0.2) is 33.5 Å². The first-order valence-electron chi connectivity index (χ1n) is 6.70. The molecule has 2 N–H and O–H groups in total. The van der Waals surface area contributed by atoms with Gasteiger partial charge in [0.05, 0.1) is 13.2 Å². The van der Waals surface area contributed by atoms with Crippen molar-refractivity contribution < 1.29 is 9.47 Å². The maximum Gasteiger partial charge on any atom is 0.0700 e. The van der Waals surface area contributed by atoms with E-state index in [2.05, 4.69) is 24.3 Å². The van der Waals surface area contributed by atoms with Crippen molar-refractivity contribution in [1.82, 2.24) is 0 Å². The fourth-order valence-corrected chi connectivity index (χ4v) is 1.98. The van der Waals surface area contributed by atoms with Gasteiger partial charge < -0.3 is 15.2 Å². The van der Waals surface area contributed by atoms with Crippen molar-refractivity contribution in [1.29, 1.82) is 0 Å². The third-order valence-electron chi connectivity index (χ3n) is 3.08. The van der Waals surface area contributed by atoms with Gasteiger partial charge >= 0.3 is 0 Å². The highest BCUT2D eigenvalue weighted by molar-refractivity contribution is 5.19. The summed E-state index contributed by atoms with van der Waals surface area (Å²) in [7, 11) is 1.69. The van der Waals surface area contributed by atoms with Crippen LogP contribution in [0.15, 0.2) is 30.3 Å². The second-order valence-electron chi connectivity index (χ2n) is 4.44. The molecular weight excluding hydrogens is 226 g/mol. The van der Waals surface area contributed by atoms with Crippen molar-refractivity contribution in [3.63, 3.8) is 0 Å². The van der Waals surface area contributed by atoms with Crippen LogP contribution in [0, 0.1) is 0 Å². The molecule has 0 fully saturated rings. The molecule has 1 aromatic carbocycles. The highest BCUT2D eigenvalue weighted by Crippen LogP contribution is 2.20. The molecule has 0 saturated heterocycles. The van der Waals surface area contributed by atoms with Crippen LogP contribution in [0.2, 0.25) is 0 Å². The molecule has 0 aliphatic carbocycles. The average Bonchev–Trinajstić information content (AvgIpc) is 2.43. The molecule has 0 aliphatic rings. The van der Waals surface area contributed by atoms with Gasteiger partial charge in [-0.15, -0.1) is 0 Å². The van der Waals surface area contributed by atoms with E-state index in [-0.39, 0.29) is 0 Å². The summed E-state index contributed by atoms with van der Waals surface area (Å²) in [5.74, 6) is 0.477. The van der Waals surface area contributed by atoms with Crippen molar-refractivity contribution >= 4 is 0 Å². The minimum Gasteiger partial charge on any atom is -0.382 e. The Hall–Kier alpha value is -0.900. The summed E-state index contributed by atoms with van der Waals surface area (Å²) in [6.45, 7) is 2.90. The van der Waals surface area contributed by atoms with Crippen molar-refractivity contribution in [2.75, 3.05) is 33.5 Å². The maximum atomic E-state index is 5.84. The van der Waals surface area contributed by atoms with Gasteiger partial charge in [-0.25, -0.2) is 0 Å². The van der Waals surface area contributed by atoms with E-state index < -0.39 is 0 Å². The summed E-state index contributed by atoms with van der Waals surface area (Å²) in [6.07, 6.45) is 3.38. The normalized spacial score (nSPS) is 12.6. The van der Waals surface area contributed by atoms with Crippen LogP contribution in [0.4, 0.5) is 0 Å². The Balaban J connectivity index is 2.13. The molecule has 1 unspecified atom stereocenters. The number of ether oxygens (including phenoxy) is 2. The Kier molecular flexibility index (Phi) is 8.47. The Morgan fingerprint density at radius 3 is 2.50 bits per heavy atom. The summed E-state index contributed by atoms with van der Waals surface area (Å²) in [6, 6.07) is 10.5. The fourth-order valence-electron chi connectivity index (χ4n) is 1.98. The summed E-state index contributed by atoms with van der Waals surface area (Å²) >= 11 is 0. The number of benzene rings is 1. The van der Waals surface area contributed by atoms with E-state index in [0.29, 0.717) is 25.7 Å². The molecule has 0 spiro atoms. The van der Waals surface area contributed by atoms with Gasteiger partial charge in [-0.1, -0.05) is 36.8 Å². The van der Waals surface area contributed by atoms with Crippen molar-refractivity contribution in [3.8, 4) is 0 Å². The molecule has 3 heteroatoms. The number of unbranched alkanes of at least 4 members (excludes halogenated alkanes) is 1. The molecular formula is C15H25NO2. The summed E-state index contributed by atoms with van der Waals surface area (Å²) in [4.78, 5) is 0. The first kappa shape index (κ1) is 15.2. The number of rotatable bonds is 10. The molecule has 0 heterocycles. The van der Waals surface area contributed by atoms with E-state index >= 15 is 0 Å². The molecule has 1 atom stereocenters. The number of hydrogen-bond donors (Lipinski definition) is 1. The van der Waals surface area contributed by atoms with E-state index in [9.17, 15) is 0 Å². The largest absolute Gasteiger partial charge is 0.382 e. The van der Waals surface area contributed by atoms with E-state index in [4.69, 9.17) is 15.2 Å². The zero-order valence-corrected chi connectivity index (χ0v) is 11.3. The van der Waals surface area contributed by atoms with Crippen LogP contribution >= 0.6 is 0 Å². The predicted molar refractivity (Wildman–Crippen MR) is 74.8 cm³/mol. The average molecular weight is 251 g/mol. The van der Waals surface area contributed by atoms with Gasteiger partial charge in [-0.2, -0.15) is 0 Å². The zero-order chi connectivity index (χ0) is 13.1. The molecule has 0 aliphatic heterocycles. The molecule has 0 saturated carbocycles. The Morgan fingerprint density at radius 1 is 1.06 bits per heavy atom. The van der Waals surface area contributed by atoms with E-state index in [1.165, 1.54) is 5.56 Å². The standard InChI is InChI=1S/C15H25NO2/c1-17-11-12-18-10-6-5-9-15(13-16)14-7-3-2-4-8-14/h2-4,7-8,15H,5-6,9-13,16H2,1H3. The van der Waals surface area contributed by atoms with E-state index in [1.54, 1.807) is 7.11 Å². The van der Waals surface area contributed by atoms with Gasteiger partial charge in [-0.05, 0) is 30.9 Å². The van der Waals surface area contributed by atoms with E-state index in [1.807, 2.05) is 6.07 Å². The van der Waals surface area contributed by atoms with Crippen LogP contribution in [0.1, 0.15) is 30.7 Å². The number of methoxy groups -OCH3 is 1. The highest BCUT2D eigenvalue weighted by atomic mass is 16.5. The quantitative estimate of drug-likeness (QED) is 0.650. The lowest BCUT2D eigenvalue weighted by atomic mass is 9.94. The zero-order valence-electron chi connectivity index (χ0n) is 11.3. The highest BCUT2D eigenvalue weighted by Gasteiger charge is 2.08. The Labute approximate surface area is 110 Å². The Bertz CT molecular complexity index is 290. The molecule has 0 radical (unpaired) electrons. The first-order valence-corrected chi connectivity index (χ1v) is 6.70. The first-order chi connectivity index (χ1) is 8.88. The van der Waals surface area contributed by atoms with Crippen molar-refractivity contribution in [3.05, 3.63) is 35.9 Å². The third kappa shape index (κ3) is 6.15. The van der Waals surface area contributed by atoms with Crippen molar-refractivity contribution in [2.45, 2.75) is 25.2 Å². The van der Waals surface area contributed by atoms with Crippen LogP contribution in [0.5, 0.6) is 0 Å². The topological polar surface area (TPSA) is 44.5 Å². The predicted octanol–water partition coefficient (Wildman–Crippen LogP) is 2.56. The van der Waals surface area contributed by atoms with Gasteiger partial charge in [-0.3, -0.25) is 0 Å². The monoisotopic (exact) mass is 251 g/mol. The van der Waals surface area contributed by atoms with Gasteiger partial charge in [0, 0.05) is 13.7 Å². The van der Waals surface area contributed by atoms with Gasteiger partial charge in [0.1, 0.15) is 0 Å². The van der Waals surface area contributed by atoms with Crippen molar-refractivity contribution in [2.24, 2.45) is 5.73 Å². The van der Waals surface area contributed by atoms with Crippen LogP contribution < -0.4 is 5.73 Å². The van der Waals surface area contributed by atoms with E-state index in [0.717, 1.165) is 25.9 Å². The van der Waals surface area contributed by atoms with Crippen LogP contribution in [0.25, 0.3) is 0 Å². The van der Waals surface area contributed by atoms with Gasteiger partial charge in [0.15, 0.2) is 0 Å². The fraction of sp³-hybridized carbons (Fsp3) is 0.600. The summed E-state index contributed by atoms with van der Waals surface area (Å²) in [5.41, 5.74) is 7.18. The SMILES string of the molecule is COCCOCCCCC(CN)c1ccccc1. The molecule has 0 bridgehead atoms. The van der Waals surface area contributed by atoms with Gasteiger partial charge in [0.25, 0.3) is 0 Å².